The Labute approximate surface area is 178 Å². The van der Waals surface area contributed by atoms with Crippen LogP contribution in [0.5, 0.6) is 0 Å². The minimum atomic E-state index is -0.202. The molecule has 30 heavy (non-hydrogen) atoms. The van der Waals surface area contributed by atoms with Crippen molar-refractivity contribution >= 4 is 5.91 Å². The summed E-state index contributed by atoms with van der Waals surface area (Å²) in [5, 5.41) is 2.93. The molecule has 5 nitrogen and oxygen atoms in total. The molecule has 0 aliphatic heterocycles. The van der Waals surface area contributed by atoms with Crippen molar-refractivity contribution in [3.8, 4) is 0 Å². The van der Waals surface area contributed by atoms with Crippen LogP contribution in [0.15, 0.2) is 71.1 Å². The van der Waals surface area contributed by atoms with Gasteiger partial charge in [-0.2, -0.15) is 0 Å². The predicted octanol–water partition coefficient (Wildman–Crippen LogP) is 4.77. The zero-order valence-corrected chi connectivity index (χ0v) is 17.8. The van der Waals surface area contributed by atoms with Crippen molar-refractivity contribution < 1.29 is 13.9 Å². The highest BCUT2D eigenvalue weighted by atomic mass is 16.5. The summed E-state index contributed by atoms with van der Waals surface area (Å²) in [5.41, 5.74) is 3.26. The van der Waals surface area contributed by atoms with Gasteiger partial charge in [0.15, 0.2) is 5.76 Å². The van der Waals surface area contributed by atoms with E-state index >= 15 is 0 Å². The van der Waals surface area contributed by atoms with E-state index in [-0.39, 0.29) is 5.91 Å². The Morgan fingerprint density at radius 1 is 0.900 bits per heavy atom. The van der Waals surface area contributed by atoms with Gasteiger partial charge in [0.25, 0.3) is 5.91 Å². The van der Waals surface area contributed by atoms with Gasteiger partial charge >= 0.3 is 0 Å². The molecule has 0 radical (unpaired) electrons. The van der Waals surface area contributed by atoms with Crippen molar-refractivity contribution in [2.45, 2.75) is 40.2 Å². The van der Waals surface area contributed by atoms with Gasteiger partial charge in [-0.05, 0) is 41.9 Å². The number of hydrogen-bond donors (Lipinski definition) is 1. The number of nitrogens with zero attached hydrogens (tertiary/aromatic N) is 1. The van der Waals surface area contributed by atoms with Gasteiger partial charge in [0.05, 0.1) is 19.8 Å². The van der Waals surface area contributed by atoms with Gasteiger partial charge in [0.2, 0.25) is 0 Å². The zero-order chi connectivity index (χ0) is 21.2. The first kappa shape index (κ1) is 21.8. The SMILES string of the molecule is CCN(CC)Cc1ccc(C(=O)NCc2cccc(COCc3ccccc3)c2)o1. The zero-order valence-electron chi connectivity index (χ0n) is 17.8. The summed E-state index contributed by atoms with van der Waals surface area (Å²) in [4.78, 5) is 14.7. The molecule has 3 aromatic rings. The van der Waals surface area contributed by atoms with E-state index in [2.05, 4.69) is 30.1 Å². The summed E-state index contributed by atoms with van der Waals surface area (Å²) in [5.74, 6) is 0.951. The van der Waals surface area contributed by atoms with Crippen LogP contribution in [-0.2, 0) is 31.0 Å². The van der Waals surface area contributed by atoms with Crippen molar-refractivity contribution in [3.63, 3.8) is 0 Å². The molecular formula is C25H30N2O3. The molecule has 5 heteroatoms. The van der Waals surface area contributed by atoms with Crippen LogP contribution in [0.25, 0.3) is 0 Å². The predicted molar refractivity (Wildman–Crippen MR) is 118 cm³/mol. The monoisotopic (exact) mass is 406 g/mol. The molecule has 0 bridgehead atoms. The van der Waals surface area contributed by atoms with Crippen LogP contribution in [0.4, 0.5) is 0 Å². The lowest BCUT2D eigenvalue weighted by Gasteiger charge is -2.15. The van der Waals surface area contributed by atoms with E-state index in [9.17, 15) is 4.79 Å². The fourth-order valence-electron chi connectivity index (χ4n) is 3.21. The Balaban J connectivity index is 1.48. The van der Waals surface area contributed by atoms with E-state index in [0.717, 1.165) is 35.5 Å². The van der Waals surface area contributed by atoms with Crippen LogP contribution in [0.1, 0.15) is 46.9 Å². The van der Waals surface area contributed by atoms with E-state index in [4.69, 9.17) is 9.15 Å². The minimum Gasteiger partial charge on any atom is -0.455 e. The Morgan fingerprint density at radius 2 is 1.60 bits per heavy atom. The summed E-state index contributed by atoms with van der Waals surface area (Å²) < 4.78 is 11.5. The number of carbonyl (C=O) groups excluding carboxylic acids is 1. The topological polar surface area (TPSA) is 54.7 Å². The third kappa shape index (κ3) is 6.58. The molecule has 0 aliphatic rings. The lowest BCUT2D eigenvalue weighted by Crippen LogP contribution is -2.23. The number of furan rings is 1. The van der Waals surface area contributed by atoms with E-state index in [1.165, 1.54) is 0 Å². The lowest BCUT2D eigenvalue weighted by atomic mass is 10.1. The second kappa shape index (κ2) is 11.3. The highest BCUT2D eigenvalue weighted by molar-refractivity contribution is 5.91. The average molecular weight is 407 g/mol. The number of carbonyl (C=O) groups is 1. The normalized spacial score (nSPS) is 11.0. The van der Waals surface area contributed by atoms with Crippen LogP contribution in [0.2, 0.25) is 0 Å². The highest BCUT2D eigenvalue weighted by Gasteiger charge is 2.12. The van der Waals surface area contributed by atoms with Crippen molar-refractivity contribution in [2.24, 2.45) is 0 Å². The molecule has 2 aromatic carbocycles. The number of benzene rings is 2. The number of nitrogens with one attached hydrogen (secondary N) is 1. The smallest absolute Gasteiger partial charge is 0.287 e. The number of ether oxygens (including phenoxy) is 1. The molecule has 0 aliphatic carbocycles. The van der Waals surface area contributed by atoms with Crippen LogP contribution in [-0.4, -0.2) is 23.9 Å². The summed E-state index contributed by atoms with van der Waals surface area (Å²) in [6.07, 6.45) is 0. The Bertz CT molecular complexity index is 917. The minimum absolute atomic E-state index is 0.202. The van der Waals surface area contributed by atoms with Gasteiger partial charge in [-0.25, -0.2) is 0 Å². The Kier molecular flexibility index (Phi) is 8.24. The first-order chi connectivity index (χ1) is 14.7. The summed E-state index contributed by atoms with van der Waals surface area (Å²) in [6, 6.07) is 21.8. The molecule has 1 heterocycles. The second-order valence-electron chi connectivity index (χ2n) is 7.21. The van der Waals surface area contributed by atoms with Crippen molar-refractivity contribution in [3.05, 3.63) is 94.9 Å². The largest absolute Gasteiger partial charge is 0.455 e. The highest BCUT2D eigenvalue weighted by Crippen LogP contribution is 2.12. The molecule has 0 saturated heterocycles. The van der Waals surface area contributed by atoms with Crippen LogP contribution < -0.4 is 5.32 Å². The third-order valence-corrected chi connectivity index (χ3v) is 4.98. The van der Waals surface area contributed by atoms with Crippen LogP contribution >= 0.6 is 0 Å². The van der Waals surface area contributed by atoms with E-state index in [1.807, 2.05) is 54.6 Å². The maximum atomic E-state index is 12.4. The molecule has 1 N–H and O–H groups in total. The van der Waals surface area contributed by atoms with Crippen LogP contribution in [0, 0.1) is 0 Å². The number of rotatable bonds is 11. The van der Waals surface area contributed by atoms with Crippen molar-refractivity contribution in [2.75, 3.05) is 13.1 Å². The van der Waals surface area contributed by atoms with E-state index < -0.39 is 0 Å². The first-order valence-corrected chi connectivity index (χ1v) is 10.5. The number of amides is 1. The molecule has 3 rings (SSSR count). The van der Waals surface area contributed by atoms with E-state index in [0.29, 0.717) is 32.1 Å². The third-order valence-electron chi connectivity index (χ3n) is 4.98. The molecule has 1 aromatic heterocycles. The quantitative estimate of drug-likeness (QED) is 0.498. The summed E-state index contributed by atoms with van der Waals surface area (Å²) >= 11 is 0. The molecular weight excluding hydrogens is 376 g/mol. The summed E-state index contributed by atoms with van der Waals surface area (Å²) in [6.45, 7) is 8.39. The lowest BCUT2D eigenvalue weighted by molar-refractivity contribution is 0.0919. The molecule has 158 valence electrons. The summed E-state index contributed by atoms with van der Waals surface area (Å²) in [7, 11) is 0. The van der Waals surface area contributed by atoms with Crippen molar-refractivity contribution in [1.29, 1.82) is 0 Å². The first-order valence-electron chi connectivity index (χ1n) is 10.5. The molecule has 0 atom stereocenters. The van der Waals surface area contributed by atoms with Crippen LogP contribution in [0.3, 0.4) is 0 Å². The van der Waals surface area contributed by atoms with Gasteiger partial charge in [0.1, 0.15) is 5.76 Å². The maximum absolute atomic E-state index is 12.4. The molecule has 0 spiro atoms. The second-order valence-corrected chi connectivity index (χ2v) is 7.21. The Morgan fingerprint density at radius 3 is 2.37 bits per heavy atom. The average Bonchev–Trinajstić information content (AvgIpc) is 3.25. The molecule has 0 unspecified atom stereocenters. The van der Waals surface area contributed by atoms with Crippen molar-refractivity contribution in [1.82, 2.24) is 10.2 Å². The Hall–Kier alpha value is -2.89. The van der Waals surface area contributed by atoms with Gasteiger partial charge in [-0.1, -0.05) is 68.4 Å². The van der Waals surface area contributed by atoms with Gasteiger partial charge in [-0.3, -0.25) is 9.69 Å². The fourth-order valence-corrected chi connectivity index (χ4v) is 3.21. The molecule has 0 saturated carbocycles. The number of hydrogen-bond acceptors (Lipinski definition) is 4. The van der Waals surface area contributed by atoms with Gasteiger partial charge in [0, 0.05) is 6.54 Å². The maximum Gasteiger partial charge on any atom is 0.287 e. The molecule has 1 amide bonds. The van der Waals surface area contributed by atoms with E-state index in [1.54, 1.807) is 6.07 Å². The van der Waals surface area contributed by atoms with Gasteiger partial charge in [-0.15, -0.1) is 0 Å². The van der Waals surface area contributed by atoms with Gasteiger partial charge < -0.3 is 14.5 Å². The standard InChI is InChI=1S/C25H30N2O3/c1-3-27(4-2)17-23-13-14-24(30-23)25(28)26-16-21-11-8-12-22(15-21)19-29-18-20-9-6-5-7-10-20/h5-15H,3-4,16-19H2,1-2H3,(H,26,28). The molecule has 0 fully saturated rings. The fraction of sp³-hybridized carbons (Fsp3) is 0.320.